The van der Waals surface area contributed by atoms with Gasteiger partial charge < -0.3 is 20.1 Å². The van der Waals surface area contributed by atoms with Gasteiger partial charge in [0.2, 0.25) is 0 Å². The van der Waals surface area contributed by atoms with E-state index in [9.17, 15) is 23.9 Å². The van der Waals surface area contributed by atoms with Crippen LogP contribution in [0.5, 0.6) is 5.75 Å². The van der Waals surface area contributed by atoms with E-state index in [1.807, 2.05) is 4.90 Å². The molecule has 2 N–H and O–H groups in total. The Hall–Kier alpha value is -3.81. The Kier molecular flexibility index (Phi) is 7.10. The summed E-state index contributed by atoms with van der Waals surface area (Å²) in [5.74, 6) is 0.119. The highest BCUT2D eigenvalue weighted by molar-refractivity contribution is 6.20. The highest BCUT2D eigenvalue weighted by Gasteiger charge is 2.28. The zero-order valence-electron chi connectivity index (χ0n) is 18.3. The van der Waals surface area contributed by atoms with Gasteiger partial charge in [-0.3, -0.25) is 9.78 Å². The number of rotatable bonds is 7. The number of nitriles is 1. The largest absolute Gasteiger partial charge is 0.487 e. The molecule has 180 valence electrons. The summed E-state index contributed by atoms with van der Waals surface area (Å²) in [6, 6.07) is 10.7. The van der Waals surface area contributed by atoms with Crippen molar-refractivity contribution >= 4 is 29.0 Å². The third-order valence-corrected chi connectivity index (χ3v) is 5.57. The van der Waals surface area contributed by atoms with Crippen molar-refractivity contribution in [1.82, 2.24) is 9.97 Å². The van der Waals surface area contributed by atoms with Crippen LogP contribution in [0.3, 0.4) is 0 Å². The lowest BCUT2D eigenvalue weighted by Gasteiger charge is -2.21. The number of pyridine rings is 2. The maximum Gasteiger partial charge on any atom is 0.487 e. The molecule has 1 aliphatic heterocycles. The molecule has 1 atom stereocenters. The molecule has 1 fully saturated rings. The van der Waals surface area contributed by atoms with Crippen LogP contribution in [0.1, 0.15) is 22.3 Å². The number of nitrogens with one attached hydrogen (secondary N) is 1. The average molecular weight is 500 g/mol. The van der Waals surface area contributed by atoms with Crippen LogP contribution < -0.4 is 15.0 Å². The highest BCUT2D eigenvalue weighted by Crippen LogP contribution is 2.33. The van der Waals surface area contributed by atoms with Crippen molar-refractivity contribution in [2.45, 2.75) is 12.0 Å². The number of halogens is 3. The molecule has 3 heterocycles. The Morgan fingerprint density at radius 2 is 2.06 bits per heavy atom. The first-order valence-electron chi connectivity index (χ1n) is 10.6. The van der Waals surface area contributed by atoms with E-state index >= 15 is 0 Å². The van der Waals surface area contributed by atoms with Crippen LogP contribution in [0.4, 0.5) is 20.3 Å². The number of aliphatic hydroxyl groups excluding tert-OH is 1. The molecule has 0 unspecified atom stereocenters. The minimum absolute atomic E-state index is 0.0736. The fourth-order valence-corrected chi connectivity index (χ4v) is 3.90. The van der Waals surface area contributed by atoms with Gasteiger partial charge in [0.25, 0.3) is 5.91 Å². The summed E-state index contributed by atoms with van der Waals surface area (Å²) in [4.78, 5) is 23.6. The zero-order chi connectivity index (χ0) is 25.0. The van der Waals surface area contributed by atoms with Gasteiger partial charge in [-0.15, -0.1) is 8.78 Å². The molecule has 3 aromatic rings. The molecular formula is C24H20ClF2N5O3. The van der Waals surface area contributed by atoms with Gasteiger partial charge in [0, 0.05) is 72.6 Å². The van der Waals surface area contributed by atoms with Crippen LogP contribution in [0, 0.1) is 17.2 Å². The van der Waals surface area contributed by atoms with Gasteiger partial charge in [-0.2, -0.15) is 5.26 Å². The Morgan fingerprint density at radius 3 is 2.71 bits per heavy atom. The second-order valence-electron chi connectivity index (χ2n) is 7.98. The van der Waals surface area contributed by atoms with Crippen LogP contribution in [-0.4, -0.2) is 46.2 Å². The standard InChI is InChI=1S/C24H20ClF2N5O3/c25-24(26,27)35-20-3-1-19(2-4-20)31-23(34)18-8-21(17-7-16(9-28)10-29-11-17)22(30-12-18)32-6-5-15(13-32)14-33/h1-4,7-8,10-12,15,33H,5-6,13-14H2,(H,31,34)/t15-/m0/s1. The molecular weight excluding hydrogens is 480 g/mol. The van der Waals surface area contributed by atoms with Crippen LogP contribution in [0.15, 0.2) is 55.0 Å². The zero-order valence-corrected chi connectivity index (χ0v) is 19.0. The number of ether oxygens (including phenoxy) is 1. The molecule has 0 bridgehead atoms. The van der Waals surface area contributed by atoms with E-state index < -0.39 is 11.5 Å². The molecule has 1 aliphatic rings. The van der Waals surface area contributed by atoms with E-state index in [0.29, 0.717) is 41.3 Å². The van der Waals surface area contributed by atoms with Crippen LogP contribution in [0.25, 0.3) is 11.1 Å². The number of carbonyl (C=O) groups is 1. The average Bonchev–Trinajstić information content (AvgIpc) is 3.33. The quantitative estimate of drug-likeness (QED) is 0.467. The summed E-state index contributed by atoms with van der Waals surface area (Å²) in [5, 5.41) is 21.5. The SMILES string of the molecule is N#Cc1cncc(-c2cc(C(=O)Nc3ccc(OC(F)(F)Cl)cc3)cnc2N2CC[C@H](CO)C2)c1. The van der Waals surface area contributed by atoms with Gasteiger partial charge in [0.1, 0.15) is 17.6 Å². The molecule has 2 aromatic heterocycles. The summed E-state index contributed by atoms with van der Waals surface area (Å²) in [5.41, 5.74) is -1.63. The van der Waals surface area contributed by atoms with E-state index in [-0.39, 0.29) is 23.8 Å². The molecule has 4 rings (SSSR count). The predicted molar refractivity (Wildman–Crippen MR) is 125 cm³/mol. The van der Waals surface area contributed by atoms with E-state index in [4.69, 9.17) is 11.6 Å². The summed E-state index contributed by atoms with van der Waals surface area (Å²) >= 11 is 4.76. The van der Waals surface area contributed by atoms with Crippen LogP contribution >= 0.6 is 11.6 Å². The van der Waals surface area contributed by atoms with Gasteiger partial charge in [-0.25, -0.2) is 4.98 Å². The molecule has 0 aliphatic carbocycles. The number of benzene rings is 1. The lowest BCUT2D eigenvalue weighted by Crippen LogP contribution is -2.23. The number of alkyl halides is 3. The predicted octanol–water partition coefficient (Wildman–Crippen LogP) is 4.25. The molecule has 35 heavy (non-hydrogen) atoms. The Labute approximate surface area is 204 Å². The number of aliphatic hydroxyl groups is 1. The van der Waals surface area contributed by atoms with Crippen molar-refractivity contribution in [1.29, 1.82) is 5.26 Å². The second kappa shape index (κ2) is 10.2. The van der Waals surface area contributed by atoms with E-state index in [2.05, 4.69) is 26.1 Å². The summed E-state index contributed by atoms with van der Waals surface area (Å²) in [7, 11) is 0. The maximum absolute atomic E-state index is 12.9. The van der Waals surface area contributed by atoms with Gasteiger partial charge >= 0.3 is 5.57 Å². The number of nitrogens with zero attached hydrogens (tertiary/aromatic N) is 4. The summed E-state index contributed by atoms with van der Waals surface area (Å²) < 4.78 is 29.8. The lowest BCUT2D eigenvalue weighted by molar-refractivity contribution is -0.0964. The summed E-state index contributed by atoms with van der Waals surface area (Å²) in [6.07, 6.45) is 5.28. The fourth-order valence-electron chi connectivity index (χ4n) is 3.81. The van der Waals surface area contributed by atoms with Gasteiger partial charge in [0.05, 0.1) is 11.1 Å². The van der Waals surface area contributed by atoms with Crippen molar-refractivity contribution in [3.8, 4) is 22.9 Å². The number of amides is 1. The van der Waals surface area contributed by atoms with Gasteiger partial charge in [-0.1, -0.05) is 0 Å². The Morgan fingerprint density at radius 1 is 1.29 bits per heavy atom. The number of anilines is 2. The van der Waals surface area contributed by atoms with Crippen molar-refractivity contribution < 1.29 is 23.4 Å². The molecule has 8 nitrogen and oxygen atoms in total. The topological polar surface area (TPSA) is 111 Å². The maximum atomic E-state index is 12.9. The number of hydrogen-bond acceptors (Lipinski definition) is 7. The molecule has 1 amide bonds. The smallest absolute Gasteiger partial charge is 0.420 e. The molecule has 0 spiro atoms. The van der Waals surface area contributed by atoms with Crippen LogP contribution in [-0.2, 0) is 0 Å². The molecule has 1 aromatic carbocycles. The molecule has 1 saturated heterocycles. The van der Waals surface area contributed by atoms with Crippen molar-refractivity contribution in [3.05, 3.63) is 66.1 Å². The van der Waals surface area contributed by atoms with E-state index in [1.54, 1.807) is 18.3 Å². The first-order valence-corrected chi connectivity index (χ1v) is 11.0. The van der Waals surface area contributed by atoms with Crippen molar-refractivity contribution in [2.75, 3.05) is 29.9 Å². The monoisotopic (exact) mass is 499 g/mol. The third kappa shape index (κ3) is 6.01. The second-order valence-corrected chi connectivity index (χ2v) is 8.42. The number of carbonyl (C=O) groups excluding carboxylic acids is 1. The Balaban J connectivity index is 1.62. The summed E-state index contributed by atoms with van der Waals surface area (Å²) in [6.45, 7) is 1.38. The molecule has 11 heteroatoms. The minimum Gasteiger partial charge on any atom is -0.420 e. The van der Waals surface area contributed by atoms with E-state index in [0.717, 1.165) is 6.42 Å². The van der Waals surface area contributed by atoms with Crippen LogP contribution in [0.2, 0.25) is 0 Å². The minimum atomic E-state index is -3.83. The first kappa shape index (κ1) is 24.3. The number of aromatic nitrogens is 2. The van der Waals surface area contributed by atoms with Gasteiger partial charge in [0.15, 0.2) is 0 Å². The van der Waals surface area contributed by atoms with E-state index in [1.165, 1.54) is 36.7 Å². The third-order valence-electron chi connectivity index (χ3n) is 5.50. The molecule has 0 radical (unpaired) electrons. The Bertz CT molecular complexity index is 1260. The normalized spacial score (nSPS) is 15.5. The molecule has 0 saturated carbocycles. The first-order chi connectivity index (χ1) is 16.8. The van der Waals surface area contributed by atoms with Crippen molar-refractivity contribution in [2.24, 2.45) is 5.92 Å². The highest BCUT2D eigenvalue weighted by atomic mass is 35.5. The number of hydrogen-bond donors (Lipinski definition) is 2. The van der Waals surface area contributed by atoms with Gasteiger partial charge in [-0.05, 0) is 42.8 Å². The fraction of sp³-hybridized carbons (Fsp3) is 0.250. The lowest BCUT2D eigenvalue weighted by atomic mass is 10.0. The van der Waals surface area contributed by atoms with Crippen molar-refractivity contribution in [3.63, 3.8) is 0 Å².